The van der Waals surface area contributed by atoms with Gasteiger partial charge in [0.1, 0.15) is 18.1 Å². The topological polar surface area (TPSA) is 58.6 Å². The van der Waals surface area contributed by atoms with Gasteiger partial charge >= 0.3 is 0 Å². The van der Waals surface area contributed by atoms with E-state index in [4.69, 9.17) is 16.3 Å². The van der Waals surface area contributed by atoms with Gasteiger partial charge in [-0.25, -0.2) is 0 Å². The van der Waals surface area contributed by atoms with Crippen LogP contribution in [0.4, 0.5) is 0 Å². The van der Waals surface area contributed by atoms with E-state index in [2.05, 4.69) is 12.2 Å². The third-order valence-corrected chi connectivity index (χ3v) is 6.33. The summed E-state index contributed by atoms with van der Waals surface area (Å²) in [6.45, 7) is 4.35. The molecule has 0 saturated heterocycles. The van der Waals surface area contributed by atoms with Gasteiger partial charge in [-0.05, 0) is 66.7 Å². The first kappa shape index (κ1) is 21.4. The lowest BCUT2D eigenvalue weighted by molar-refractivity contribution is 0.104. The summed E-state index contributed by atoms with van der Waals surface area (Å²) < 4.78 is 6.63. The molecule has 0 aliphatic rings. The van der Waals surface area contributed by atoms with E-state index in [0.717, 1.165) is 40.1 Å². The van der Waals surface area contributed by atoms with E-state index in [-0.39, 0.29) is 11.5 Å². The fourth-order valence-corrected chi connectivity index (χ4v) is 4.75. The van der Waals surface area contributed by atoms with E-state index >= 15 is 0 Å². The average Bonchev–Trinajstić information content (AvgIpc) is 3.15. The molecular weight excluding hydrogens is 430 g/mol. The Morgan fingerprint density at radius 1 is 1.06 bits per heavy atom. The predicted octanol–water partition coefficient (Wildman–Crippen LogP) is 6.15. The number of thiophene rings is 1. The van der Waals surface area contributed by atoms with Crippen LogP contribution in [0, 0.1) is 0 Å². The van der Waals surface area contributed by atoms with E-state index in [9.17, 15) is 9.90 Å². The highest BCUT2D eigenvalue weighted by Crippen LogP contribution is 2.41. The van der Waals surface area contributed by atoms with Gasteiger partial charge < -0.3 is 15.2 Å². The second kappa shape index (κ2) is 9.52. The zero-order chi connectivity index (χ0) is 21.8. The molecule has 4 nitrogen and oxygen atoms in total. The number of fused-ring (bicyclic) bond motifs is 1. The first-order valence-corrected chi connectivity index (χ1v) is 11.3. The number of carbonyl (C=O) groups is 1. The number of aromatic hydroxyl groups is 1. The zero-order valence-corrected chi connectivity index (χ0v) is 18.6. The summed E-state index contributed by atoms with van der Waals surface area (Å²) in [5.74, 6) is 0.887. The summed E-state index contributed by atoms with van der Waals surface area (Å²) in [6.07, 6.45) is 0. The number of halogens is 1. The molecule has 0 fully saturated rings. The third kappa shape index (κ3) is 4.74. The molecule has 4 rings (SSSR count). The molecule has 2 N–H and O–H groups in total. The normalized spacial score (nSPS) is 11.0. The van der Waals surface area contributed by atoms with E-state index in [1.165, 1.54) is 11.3 Å². The number of rotatable bonds is 8. The Kier molecular flexibility index (Phi) is 6.56. The maximum absolute atomic E-state index is 13.3. The largest absolute Gasteiger partial charge is 0.508 e. The van der Waals surface area contributed by atoms with Gasteiger partial charge in [0.2, 0.25) is 5.78 Å². The van der Waals surface area contributed by atoms with Gasteiger partial charge in [-0.2, -0.15) is 0 Å². The molecule has 0 amide bonds. The molecule has 6 heteroatoms. The summed E-state index contributed by atoms with van der Waals surface area (Å²) in [4.78, 5) is 14.0. The molecule has 1 aromatic heterocycles. The molecule has 0 radical (unpaired) electrons. The van der Waals surface area contributed by atoms with Gasteiger partial charge in [0.15, 0.2) is 0 Å². The monoisotopic (exact) mass is 451 g/mol. The van der Waals surface area contributed by atoms with Crippen molar-refractivity contribution in [2.75, 3.05) is 19.7 Å². The highest BCUT2D eigenvalue weighted by molar-refractivity contribution is 7.21. The van der Waals surface area contributed by atoms with Crippen molar-refractivity contribution in [3.8, 4) is 22.6 Å². The van der Waals surface area contributed by atoms with Gasteiger partial charge in [-0.1, -0.05) is 30.7 Å². The minimum Gasteiger partial charge on any atom is -0.508 e. The van der Waals surface area contributed by atoms with E-state index in [1.54, 1.807) is 36.4 Å². The highest BCUT2D eigenvalue weighted by atomic mass is 35.5. The van der Waals surface area contributed by atoms with Crippen LogP contribution < -0.4 is 10.1 Å². The van der Waals surface area contributed by atoms with E-state index < -0.39 is 0 Å². The Bertz CT molecular complexity index is 1200. The van der Waals surface area contributed by atoms with Gasteiger partial charge in [0, 0.05) is 32.8 Å². The molecule has 0 aliphatic heterocycles. The minimum atomic E-state index is -0.0710. The molecular formula is C25H22ClNO3S. The molecule has 31 heavy (non-hydrogen) atoms. The molecule has 0 saturated carbocycles. The van der Waals surface area contributed by atoms with Crippen LogP contribution in [0.25, 0.3) is 21.2 Å². The highest BCUT2D eigenvalue weighted by Gasteiger charge is 2.21. The van der Waals surface area contributed by atoms with E-state index in [0.29, 0.717) is 22.1 Å². The van der Waals surface area contributed by atoms with Crippen LogP contribution in [0.5, 0.6) is 11.5 Å². The van der Waals surface area contributed by atoms with Crippen LogP contribution >= 0.6 is 22.9 Å². The van der Waals surface area contributed by atoms with Crippen molar-refractivity contribution in [1.29, 1.82) is 0 Å². The second-order valence-corrected chi connectivity index (χ2v) is 8.54. The number of phenols is 1. The quantitative estimate of drug-likeness (QED) is 0.249. The number of nitrogens with one attached hydrogen (secondary N) is 1. The number of likely N-dealkylation sites (N-methyl/N-ethyl adjacent to an activating group) is 1. The molecule has 0 aliphatic carbocycles. The molecule has 0 unspecified atom stereocenters. The maximum atomic E-state index is 13.3. The van der Waals surface area contributed by atoms with Gasteiger partial charge in [0.05, 0.1) is 4.88 Å². The van der Waals surface area contributed by atoms with Crippen LogP contribution in [0.2, 0.25) is 5.02 Å². The second-order valence-electron chi connectivity index (χ2n) is 7.05. The Labute approximate surface area is 190 Å². The summed E-state index contributed by atoms with van der Waals surface area (Å²) in [5.41, 5.74) is 2.36. The molecule has 0 atom stereocenters. The standard InChI is InChI=1S/C25H22ClNO3S/c1-2-27-13-14-30-20-10-5-16(6-11-20)23-21-12-9-19(28)15-22(21)31-25(23)24(29)17-3-7-18(26)8-4-17/h3-12,15,27-28H,2,13-14H2,1H3. The van der Waals surface area contributed by atoms with Crippen LogP contribution in [-0.4, -0.2) is 30.6 Å². The summed E-state index contributed by atoms with van der Waals surface area (Å²) in [6, 6.07) is 19.9. The SMILES string of the molecule is CCNCCOc1ccc(-c2c(C(=O)c3ccc(Cl)cc3)sc3cc(O)ccc23)cc1. The Morgan fingerprint density at radius 3 is 2.52 bits per heavy atom. The first-order valence-electron chi connectivity index (χ1n) is 10.1. The summed E-state index contributed by atoms with van der Waals surface area (Å²) in [5, 5.41) is 14.7. The van der Waals surface area contributed by atoms with Crippen molar-refractivity contribution in [3.63, 3.8) is 0 Å². The fourth-order valence-electron chi connectivity index (χ4n) is 3.40. The van der Waals surface area contributed by atoms with Crippen LogP contribution in [-0.2, 0) is 0 Å². The molecule has 1 heterocycles. The lowest BCUT2D eigenvalue weighted by Gasteiger charge is -2.09. The lowest BCUT2D eigenvalue weighted by atomic mass is 9.98. The molecule has 158 valence electrons. The lowest BCUT2D eigenvalue weighted by Crippen LogP contribution is -2.20. The number of hydrogen-bond acceptors (Lipinski definition) is 5. The molecule has 3 aromatic carbocycles. The number of carbonyl (C=O) groups excluding carboxylic acids is 1. The van der Waals surface area contributed by atoms with Crippen molar-refractivity contribution >= 4 is 38.8 Å². The third-order valence-electron chi connectivity index (χ3n) is 4.93. The zero-order valence-electron chi connectivity index (χ0n) is 17.0. The molecule has 0 bridgehead atoms. The van der Waals surface area contributed by atoms with Crippen LogP contribution in [0.1, 0.15) is 22.2 Å². The summed E-state index contributed by atoms with van der Waals surface area (Å²) >= 11 is 7.37. The molecule has 0 spiro atoms. The van der Waals surface area contributed by atoms with Crippen molar-refractivity contribution in [1.82, 2.24) is 5.32 Å². The fraction of sp³-hybridized carbons (Fsp3) is 0.160. The van der Waals surface area contributed by atoms with Gasteiger partial charge in [-0.3, -0.25) is 4.79 Å². The smallest absolute Gasteiger partial charge is 0.203 e. The van der Waals surface area contributed by atoms with Gasteiger partial charge in [0.25, 0.3) is 0 Å². The maximum Gasteiger partial charge on any atom is 0.203 e. The van der Waals surface area contributed by atoms with Crippen molar-refractivity contribution < 1.29 is 14.6 Å². The van der Waals surface area contributed by atoms with Crippen molar-refractivity contribution in [3.05, 3.63) is 82.2 Å². The molecule has 4 aromatic rings. The van der Waals surface area contributed by atoms with Crippen LogP contribution in [0.15, 0.2) is 66.7 Å². The number of benzene rings is 3. The predicted molar refractivity (Wildman–Crippen MR) is 128 cm³/mol. The Balaban J connectivity index is 1.73. The summed E-state index contributed by atoms with van der Waals surface area (Å²) in [7, 11) is 0. The van der Waals surface area contributed by atoms with Crippen LogP contribution in [0.3, 0.4) is 0 Å². The van der Waals surface area contributed by atoms with Crippen molar-refractivity contribution in [2.24, 2.45) is 0 Å². The van der Waals surface area contributed by atoms with E-state index in [1.807, 2.05) is 30.3 Å². The number of phenolic OH excluding ortho intramolecular Hbond substituents is 1. The minimum absolute atomic E-state index is 0.0710. The number of ketones is 1. The van der Waals surface area contributed by atoms with Crippen molar-refractivity contribution in [2.45, 2.75) is 6.92 Å². The number of ether oxygens (including phenoxy) is 1. The number of hydrogen-bond donors (Lipinski definition) is 2. The average molecular weight is 452 g/mol. The van der Waals surface area contributed by atoms with Gasteiger partial charge in [-0.15, -0.1) is 11.3 Å². The Hall–Kier alpha value is -2.86. The first-order chi connectivity index (χ1) is 15.1. The Morgan fingerprint density at radius 2 is 1.81 bits per heavy atom.